The predicted molar refractivity (Wildman–Crippen MR) is 92.1 cm³/mol. The lowest BCUT2D eigenvalue weighted by molar-refractivity contribution is 0.102. The lowest BCUT2D eigenvalue weighted by Gasteiger charge is -2.06. The normalized spacial score (nSPS) is 11.6. The van der Waals surface area contributed by atoms with E-state index in [1.54, 1.807) is 0 Å². The van der Waals surface area contributed by atoms with Crippen molar-refractivity contribution < 1.29 is 13.2 Å². The molecule has 0 fully saturated rings. The zero-order valence-electron chi connectivity index (χ0n) is 11.9. The van der Waals surface area contributed by atoms with Crippen LogP contribution in [-0.4, -0.2) is 25.6 Å². The van der Waals surface area contributed by atoms with Crippen LogP contribution < -0.4 is 5.32 Å². The topological polar surface area (TPSA) is 76.1 Å². The molecule has 0 atom stereocenters. The van der Waals surface area contributed by atoms with Gasteiger partial charge in [-0.3, -0.25) is 10.1 Å². The third-order valence-electron chi connectivity index (χ3n) is 3.12. The number of benzene rings is 2. The quantitative estimate of drug-likeness (QED) is 0.768. The van der Waals surface area contributed by atoms with Crippen LogP contribution in [0, 0.1) is 0 Å². The second-order valence-electron chi connectivity index (χ2n) is 4.85. The van der Waals surface area contributed by atoms with Gasteiger partial charge in [0.2, 0.25) is 0 Å². The van der Waals surface area contributed by atoms with Crippen LogP contribution in [0.5, 0.6) is 0 Å². The molecule has 0 radical (unpaired) electrons. The van der Waals surface area contributed by atoms with E-state index in [-0.39, 0.29) is 15.5 Å². The highest BCUT2D eigenvalue weighted by atomic mass is 35.5. The Hall–Kier alpha value is -1.96. The minimum absolute atomic E-state index is 0.0383. The molecule has 0 bridgehead atoms. The fourth-order valence-corrected chi connectivity index (χ4v) is 3.71. The van der Waals surface area contributed by atoms with Crippen LogP contribution in [0.4, 0.5) is 5.13 Å². The number of carbonyl (C=O) groups excluding carboxylic acids is 1. The number of hydrogen-bond donors (Lipinski definition) is 1. The molecule has 23 heavy (non-hydrogen) atoms. The van der Waals surface area contributed by atoms with Crippen molar-refractivity contribution in [3.05, 3.63) is 53.1 Å². The van der Waals surface area contributed by atoms with Crippen molar-refractivity contribution in [2.75, 3.05) is 11.6 Å². The van der Waals surface area contributed by atoms with Crippen LogP contribution in [0.25, 0.3) is 10.2 Å². The lowest BCUT2D eigenvalue weighted by atomic mass is 10.2. The highest BCUT2D eigenvalue weighted by Crippen LogP contribution is 2.27. The van der Waals surface area contributed by atoms with E-state index in [1.165, 1.54) is 29.5 Å². The average Bonchev–Trinajstić information content (AvgIpc) is 2.88. The molecular weight excluding hydrogens is 356 g/mol. The summed E-state index contributed by atoms with van der Waals surface area (Å²) in [4.78, 5) is 16.7. The fourth-order valence-electron chi connectivity index (χ4n) is 2.00. The van der Waals surface area contributed by atoms with E-state index in [9.17, 15) is 13.2 Å². The minimum atomic E-state index is -3.42. The number of rotatable bonds is 3. The minimum Gasteiger partial charge on any atom is -0.298 e. The van der Waals surface area contributed by atoms with Crippen molar-refractivity contribution in [3.8, 4) is 0 Å². The number of nitrogens with zero attached hydrogens (tertiary/aromatic N) is 1. The zero-order chi connectivity index (χ0) is 16.6. The Bertz CT molecular complexity index is 979. The molecule has 0 saturated carbocycles. The molecule has 2 aromatic carbocycles. The molecule has 0 spiro atoms. The van der Waals surface area contributed by atoms with E-state index in [0.717, 1.165) is 16.5 Å². The molecule has 118 valence electrons. The summed E-state index contributed by atoms with van der Waals surface area (Å²) in [6, 6.07) is 11.5. The number of amides is 1. The van der Waals surface area contributed by atoms with Gasteiger partial charge in [0.1, 0.15) is 0 Å². The number of nitrogens with one attached hydrogen (secondary N) is 1. The van der Waals surface area contributed by atoms with Crippen LogP contribution >= 0.6 is 22.9 Å². The van der Waals surface area contributed by atoms with E-state index < -0.39 is 15.7 Å². The summed E-state index contributed by atoms with van der Waals surface area (Å²) < 4.78 is 24.2. The number of sulfone groups is 1. The van der Waals surface area contributed by atoms with E-state index in [0.29, 0.717) is 5.13 Å². The van der Waals surface area contributed by atoms with Gasteiger partial charge in [-0.05, 0) is 30.3 Å². The molecule has 0 saturated heterocycles. The van der Waals surface area contributed by atoms with E-state index >= 15 is 0 Å². The predicted octanol–water partition coefficient (Wildman–Crippen LogP) is 3.61. The van der Waals surface area contributed by atoms with Crippen molar-refractivity contribution >= 4 is 54.0 Å². The molecule has 1 aromatic heterocycles. The first-order chi connectivity index (χ1) is 10.8. The van der Waals surface area contributed by atoms with Gasteiger partial charge in [-0.2, -0.15) is 0 Å². The van der Waals surface area contributed by atoms with Gasteiger partial charge < -0.3 is 0 Å². The Morgan fingerprint density at radius 1 is 1.22 bits per heavy atom. The number of aromatic nitrogens is 1. The maximum Gasteiger partial charge on any atom is 0.259 e. The van der Waals surface area contributed by atoms with Crippen LogP contribution in [0.3, 0.4) is 0 Å². The third-order valence-corrected chi connectivity index (χ3v) is 5.52. The van der Waals surface area contributed by atoms with Gasteiger partial charge in [0.05, 0.1) is 25.7 Å². The van der Waals surface area contributed by atoms with Crippen LogP contribution in [0.1, 0.15) is 10.4 Å². The van der Waals surface area contributed by atoms with Crippen molar-refractivity contribution in [2.24, 2.45) is 0 Å². The standard InChI is InChI=1S/C15H11ClN2O3S2/c1-23(20,21)9-6-7-11(16)10(8-9)14(19)18-15-17-12-4-2-3-5-13(12)22-15/h2-8H,1H3,(H,17,18,19). The van der Waals surface area contributed by atoms with Gasteiger partial charge in [-0.25, -0.2) is 13.4 Å². The Labute approximate surface area is 141 Å². The van der Waals surface area contributed by atoms with Gasteiger partial charge in [0, 0.05) is 6.26 Å². The summed E-state index contributed by atoms with van der Waals surface area (Å²) in [6.45, 7) is 0. The average molecular weight is 367 g/mol. The van der Waals surface area contributed by atoms with Crippen LogP contribution in [0.2, 0.25) is 5.02 Å². The highest BCUT2D eigenvalue weighted by molar-refractivity contribution is 7.90. The number of thiazole rings is 1. The molecule has 1 amide bonds. The first kappa shape index (κ1) is 15.9. The van der Waals surface area contributed by atoms with Gasteiger partial charge in [-0.1, -0.05) is 35.1 Å². The fraction of sp³-hybridized carbons (Fsp3) is 0.0667. The highest BCUT2D eigenvalue weighted by Gasteiger charge is 2.17. The third kappa shape index (κ3) is 3.36. The molecule has 0 aliphatic carbocycles. The second kappa shape index (κ2) is 5.92. The van der Waals surface area contributed by atoms with Crippen LogP contribution in [-0.2, 0) is 9.84 Å². The second-order valence-corrected chi connectivity index (χ2v) is 8.31. The summed E-state index contributed by atoms with van der Waals surface area (Å²) in [6.07, 6.45) is 1.07. The molecule has 5 nitrogen and oxygen atoms in total. The molecule has 3 aromatic rings. The molecule has 0 aliphatic heterocycles. The first-order valence-corrected chi connectivity index (χ1v) is 9.60. The van der Waals surface area contributed by atoms with E-state index in [1.807, 2.05) is 24.3 Å². The Balaban J connectivity index is 1.94. The maximum atomic E-state index is 12.4. The maximum absolute atomic E-state index is 12.4. The summed E-state index contributed by atoms with van der Waals surface area (Å²) >= 11 is 7.34. The number of fused-ring (bicyclic) bond motifs is 1. The van der Waals surface area contributed by atoms with E-state index in [4.69, 9.17) is 11.6 Å². The Morgan fingerprint density at radius 2 is 1.96 bits per heavy atom. The van der Waals surface area contributed by atoms with Crippen molar-refractivity contribution in [3.63, 3.8) is 0 Å². The molecular formula is C15H11ClN2O3S2. The molecule has 0 unspecified atom stereocenters. The van der Waals surface area contributed by atoms with Gasteiger partial charge in [-0.15, -0.1) is 0 Å². The van der Waals surface area contributed by atoms with Crippen molar-refractivity contribution in [2.45, 2.75) is 4.90 Å². The Kier molecular flexibility index (Phi) is 4.09. The van der Waals surface area contributed by atoms with Gasteiger partial charge >= 0.3 is 0 Å². The number of para-hydroxylation sites is 1. The van der Waals surface area contributed by atoms with Crippen LogP contribution in [0.15, 0.2) is 47.4 Å². The van der Waals surface area contributed by atoms with Gasteiger partial charge in [0.15, 0.2) is 15.0 Å². The van der Waals surface area contributed by atoms with Crippen molar-refractivity contribution in [1.29, 1.82) is 0 Å². The summed E-state index contributed by atoms with van der Waals surface area (Å²) in [7, 11) is -3.42. The summed E-state index contributed by atoms with van der Waals surface area (Å²) in [5.74, 6) is -0.500. The monoisotopic (exact) mass is 366 g/mol. The molecule has 1 heterocycles. The zero-order valence-corrected chi connectivity index (χ0v) is 14.3. The number of halogens is 1. The molecule has 3 rings (SSSR count). The summed E-state index contributed by atoms with van der Waals surface area (Å²) in [5, 5.41) is 3.26. The lowest BCUT2D eigenvalue weighted by Crippen LogP contribution is -2.13. The number of carbonyl (C=O) groups is 1. The number of hydrogen-bond acceptors (Lipinski definition) is 5. The van der Waals surface area contributed by atoms with Gasteiger partial charge in [0.25, 0.3) is 5.91 Å². The smallest absolute Gasteiger partial charge is 0.259 e. The van der Waals surface area contributed by atoms with Crippen molar-refractivity contribution in [1.82, 2.24) is 4.98 Å². The summed E-state index contributed by atoms with van der Waals surface area (Å²) in [5.41, 5.74) is 0.873. The molecule has 8 heteroatoms. The SMILES string of the molecule is CS(=O)(=O)c1ccc(Cl)c(C(=O)Nc2nc3ccccc3s2)c1. The Morgan fingerprint density at radius 3 is 2.65 bits per heavy atom. The van der Waals surface area contributed by atoms with E-state index in [2.05, 4.69) is 10.3 Å². The number of anilines is 1. The molecule has 0 aliphatic rings. The largest absolute Gasteiger partial charge is 0.298 e. The molecule has 1 N–H and O–H groups in total. The first-order valence-electron chi connectivity index (χ1n) is 6.51.